The summed E-state index contributed by atoms with van der Waals surface area (Å²) in [4.78, 5) is 9.11. The maximum Gasteiger partial charge on any atom is 0.162 e. The van der Waals surface area contributed by atoms with Gasteiger partial charge in [-0.25, -0.2) is 9.97 Å². The number of aryl methyl sites for hydroxylation is 1. The van der Waals surface area contributed by atoms with E-state index >= 15 is 0 Å². The summed E-state index contributed by atoms with van der Waals surface area (Å²) in [6.45, 7) is 12.5. The normalized spacial score (nSPS) is 12.0. The molecule has 1 aromatic carbocycles. The van der Waals surface area contributed by atoms with Gasteiger partial charge in [-0.05, 0) is 29.4 Å². The van der Waals surface area contributed by atoms with Crippen LogP contribution >= 0.6 is 0 Å². The van der Waals surface area contributed by atoms with E-state index in [1.807, 2.05) is 19.1 Å². The maximum atomic E-state index is 9.76. The SMILES string of the molecule is Cc1nc(-c2ccc(C(C)(C)C)cc2CO)nc(N)c1C(C)C. The van der Waals surface area contributed by atoms with E-state index in [0.717, 1.165) is 22.4 Å². The first-order chi connectivity index (χ1) is 10.6. The van der Waals surface area contributed by atoms with Gasteiger partial charge in [-0.1, -0.05) is 52.8 Å². The number of nitrogens with zero attached hydrogens (tertiary/aromatic N) is 2. The number of benzene rings is 1. The number of nitrogens with two attached hydrogens (primary N) is 1. The number of aliphatic hydroxyl groups excluding tert-OH is 1. The number of aromatic nitrogens is 2. The molecule has 23 heavy (non-hydrogen) atoms. The molecule has 0 fully saturated rings. The van der Waals surface area contributed by atoms with Gasteiger partial charge >= 0.3 is 0 Å². The Bertz CT molecular complexity index is 692. The predicted octanol–water partition coefficient (Wildman–Crippen LogP) is 3.95. The monoisotopic (exact) mass is 313 g/mol. The first-order valence-corrected chi connectivity index (χ1v) is 8.03. The minimum absolute atomic E-state index is 0.0275. The van der Waals surface area contributed by atoms with Gasteiger partial charge in [-0.3, -0.25) is 0 Å². The van der Waals surface area contributed by atoms with Crippen LogP contribution in [0.25, 0.3) is 11.4 Å². The third kappa shape index (κ3) is 3.53. The molecule has 0 saturated carbocycles. The fourth-order valence-corrected chi connectivity index (χ4v) is 2.85. The average molecular weight is 313 g/mol. The van der Waals surface area contributed by atoms with Crippen LogP contribution in [0.2, 0.25) is 0 Å². The molecule has 2 rings (SSSR count). The molecule has 0 bridgehead atoms. The highest BCUT2D eigenvalue weighted by Gasteiger charge is 2.18. The highest BCUT2D eigenvalue weighted by molar-refractivity contribution is 5.64. The van der Waals surface area contributed by atoms with Crippen molar-refractivity contribution in [2.45, 2.75) is 59.5 Å². The van der Waals surface area contributed by atoms with E-state index in [9.17, 15) is 5.11 Å². The number of aliphatic hydroxyl groups is 1. The summed E-state index contributed by atoms with van der Waals surface area (Å²) in [5, 5.41) is 9.76. The molecule has 0 radical (unpaired) electrons. The summed E-state index contributed by atoms with van der Waals surface area (Å²) in [6, 6.07) is 6.08. The van der Waals surface area contributed by atoms with Crippen molar-refractivity contribution in [2.75, 3.05) is 5.73 Å². The minimum atomic E-state index is -0.0481. The van der Waals surface area contributed by atoms with Gasteiger partial charge in [0.1, 0.15) is 5.82 Å². The van der Waals surface area contributed by atoms with Crippen LogP contribution in [0.1, 0.15) is 62.9 Å². The molecule has 0 aliphatic carbocycles. The summed E-state index contributed by atoms with van der Waals surface area (Å²) in [7, 11) is 0. The maximum absolute atomic E-state index is 9.76. The van der Waals surface area contributed by atoms with Crippen molar-refractivity contribution in [3.63, 3.8) is 0 Å². The van der Waals surface area contributed by atoms with Crippen LogP contribution in [0.15, 0.2) is 18.2 Å². The van der Waals surface area contributed by atoms with Crippen molar-refractivity contribution in [1.29, 1.82) is 0 Å². The molecule has 0 aliphatic rings. The van der Waals surface area contributed by atoms with Crippen molar-refractivity contribution in [3.05, 3.63) is 40.6 Å². The van der Waals surface area contributed by atoms with Gasteiger partial charge in [0.15, 0.2) is 5.82 Å². The molecule has 0 unspecified atom stereocenters. The Kier molecular flexibility index (Phi) is 4.76. The van der Waals surface area contributed by atoms with E-state index in [4.69, 9.17) is 5.73 Å². The first kappa shape index (κ1) is 17.4. The molecule has 1 aromatic heterocycles. The number of anilines is 1. The summed E-state index contributed by atoms with van der Waals surface area (Å²) in [5.41, 5.74) is 10.9. The number of rotatable bonds is 3. The molecule has 4 nitrogen and oxygen atoms in total. The largest absolute Gasteiger partial charge is 0.392 e. The Morgan fingerprint density at radius 1 is 1.17 bits per heavy atom. The standard InChI is InChI=1S/C19H27N3O/c1-11(2)16-12(3)21-18(22-17(16)20)15-8-7-14(19(4,5)6)9-13(15)10-23/h7-9,11,23H,10H2,1-6H3,(H2,20,21,22). The van der Waals surface area contributed by atoms with E-state index < -0.39 is 0 Å². The molecule has 0 saturated heterocycles. The van der Waals surface area contributed by atoms with Crippen LogP contribution in [-0.4, -0.2) is 15.1 Å². The van der Waals surface area contributed by atoms with Gasteiger partial charge in [-0.2, -0.15) is 0 Å². The molecule has 4 heteroatoms. The number of hydrogen-bond donors (Lipinski definition) is 2. The second-order valence-electron chi connectivity index (χ2n) is 7.37. The highest BCUT2D eigenvalue weighted by Crippen LogP contribution is 2.31. The van der Waals surface area contributed by atoms with Crippen LogP contribution in [0.3, 0.4) is 0 Å². The lowest BCUT2D eigenvalue weighted by Gasteiger charge is -2.21. The first-order valence-electron chi connectivity index (χ1n) is 8.03. The highest BCUT2D eigenvalue weighted by atomic mass is 16.3. The zero-order valence-corrected chi connectivity index (χ0v) is 14.9. The van der Waals surface area contributed by atoms with Gasteiger partial charge in [0.2, 0.25) is 0 Å². The van der Waals surface area contributed by atoms with Crippen molar-refractivity contribution in [2.24, 2.45) is 0 Å². The molecule has 0 amide bonds. The van der Waals surface area contributed by atoms with Crippen LogP contribution in [-0.2, 0) is 12.0 Å². The quantitative estimate of drug-likeness (QED) is 0.900. The van der Waals surface area contributed by atoms with E-state index in [1.54, 1.807) is 0 Å². The van der Waals surface area contributed by atoms with Crippen molar-refractivity contribution >= 4 is 5.82 Å². The minimum Gasteiger partial charge on any atom is -0.392 e. The predicted molar refractivity (Wildman–Crippen MR) is 95.3 cm³/mol. The van der Waals surface area contributed by atoms with E-state index in [-0.39, 0.29) is 17.9 Å². The number of hydrogen-bond acceptors (Lipinski definition) is 4. The van der Waals surface area contributed by atoms with Crippen LogP contribution in [0.5, 0.6) is 0 Å². The molecule has 0 atom stereocenters. The van der Waals surface area contributed by atoms with Gasteiger partial charge in [0, 0.05) is 16.8 Å². The fraction of sp³-hybridized carbons (Fsp3) is 0.474. The van der Waals surface area contributed by atoms with Crippen molar-refractivity contribution in [1.82, 2.24) is 9.97 Å². The second-order valence-corrected chi connectivity index (χ2v) is 7.37. The van der Waals surface area contributed by atoms with E-state index in [1.165, 1.54) is 5.56 Å². The van der Waals surface area contributed by atoms with Crippen LogP contribution < -0.4 is 5.73 Å². The molecule has 0 spiro atoms. The molecule has 2 aromatic rings. The fourth-order valence-electron chi connectivity index (χ4n) is 2.85. The molecule has 124 valence electrons. The van der Waals surface area contributed by atoms with E-state index in [2.05, 4.69) is 50.7 Å². The van der Waals surface area contributed by atoms with Gasteiger partial charge in [-0.15, -0.1) is 0 Å². The third-order valence-electron chi connectivity index (χ3n) is 4.13. The van der Waals surface area contributed by atoms with Gasteiger partial charge in [0.05, 0.1) is 6.61 Å². The molecule has 3 N–H and O–H groups in total. The summed E-state index contributed by atoms with van der Waals surface area (Å²) in [5.74, 6) is 1.38. The zero-order valence-electron chi connectivity index (χ0n) is 14.9. The van der Waals surface area contributed by atoms with Crippen LogP contribution in [0.4, 0.5) is 5.82 Å². The summed E-state index contributed by atoms with van der Waals surface area (Å²) in [6.07, 6.45) is 0. The van der Waals surface area contributed by atoms with E-state index in [0.29, 0.717) is 11.6 Å². The Morgan fingerprint density at radius 3 is 2.30 bits per heavy atom. The lowest BCUT2D eigenvalue weighted by molar-refractivity contribution is 0.282. The Labute approximate surface area is 138 Å². The van der Waals surface area contributed by atoms with Crippen molar-refractivity contribution < 1.29 is 5.11 Å². The lowest BCUT2D eigenvalue weighted by atomic mass is 9.85. The topological polar surface area (TPSA) is 72.0 Å². The Morgan fingerprint density at radius 2 is 1.83 bits per heavy atom. The smallest absolute Gasteiger partial charge is 0.162 e. The molecular formula is C19H27N3O. The molecular weight excluding hydrogens is 286 g/mol. The molecule has 0 aliphatic heterocycles. The third-order valence-corrected chi connectivity index (χ3v) is 4.13. The van der Waals surface area contributed by atoms with Gasteiger partial charge < -0.3 is 10.8 Å². The van der Waals surface area contributed by atoms with Crippen molar-refractivity contribution in [3.8, 4) is 11.4 Å². The average Bonchev–Trinajstić information content (AvgIpc) is 2.44. The number of nitrogen functional groups attached to an aromatic ring is 1. The lowest BCUT2D eigenvalue weighted by Crippen LogP contribution is -2.12. The van der Waals surface area contributed by atoms with Crippen LogP contribution in [0, 0.1) is 6.92 Å². The summed E-state index contributed by atoms with van der Waals surface area (Å²) < 4.78 is 0. The van der Waals surface area contributed by atoms with Gasteiger partial charge in [0.25, 0.3) is 0 Å². The Balaban J connectivity index is 2.59. The summed E-state index contributed by atoms with van der Waals surface area (Å²) >= 11 is 0. The zero-order chi connectivity index (χ0) is 17.4. The Hall–Kier alpha value is -1.94. The second kappa shape index (κ2) is 6.28. The molecule has 1 heterocycles.